The Morgan fingerprint density at radius 2 is 1.58 bits per heavy atom. The van der Waals surface area contributed by atoms with Gasteiger partial charge < -0.3 is 9.84 Å². The molecule has 2 saturated heterocycles. The lowest BCUT2D eigenvalue weighted by Gasteiger charge is -2.39. The number of benzene rings is 2. The average molecular weight is 351 g/mol. The summed E-state index contributed by atoms with van der Waals surface area (Å²) in [5, 5.41) is 10.6. The summed E-state index contributed by atoms with van der Waals surface area (Å²) >= 11 is 0. The highest BCUT2D eigenvalue weighted by Crippen LogP contribution is 2.38. The molecule has 26 heavy (non-hydrogen) atoms. The van der Waals surface area contributed by atoms with Gasteiger partial charge in [-0.3, -0.25) is 4.90 Å². The number of fused-ring (bicyclic) bond motifs is 2. The molecule has 2 fully saturated rings. The number of ether oxygens (including phenoxy) is 1. The van der Waals surface area contributed by atoms with Crippen LogP contribution in [0.4, 0.5) is 0 Å². The highest BCUT2D eigenvalue weighted by atomic mass is 16.5. The molecule has 1 unspecified atom stereocenters. The van der Waals surface area contributed by atoms with Crippen LogP contribution in [0.25, 0.3) is 0 Å². The Balaban J connectivity index is 1.36. The van der Waals surface area contributed by atoms with Gasteiger partial charge in [0.2, 0.25) is 0 Å². The van der Waals surface area contributed by atoms with Crippen molar-refractivity contribution in [1.29, 1.82) is 0 Å². The van der Waals surface area contributed by atoms with Crippen LogP contribution in [0.1, 0.15) is 47.7 Å². The molecule has 2 aliphatic heterocycles. The Hall–Kier alpha value is -2.17. The smallest absolute Gasteiger partial charge is 0.338 e. The number of piperidine rings is 1. The van der Waals surface area contributed by atoms with Crippen LogP contribution >= 0.6 is 0 Å². The van der Waals surface area contributed by atoms with Crippen molar-refractivity contribution < 1.29 is 14.6 Å². The summed E-state index contributed by atoms with van der Waals surface area (Å²) in [5.41, 5.74) is 1.58. The molecule has 0 saturated carbocycles. The molecule has 4 atom stereocenters. The number of hydrogen-bond donors (Lipinski definition) is 1. The maximum Gasteiger partial charge on any atom is 0.338 e. The van der Waals surface area contributed by atoms with Crippen molar-refractivity contribution in [3.05, 3.63) is 71.8 Å². The molecular formula is C22H25NO3. The number of aliphatic hydroxyl groups excluding tert-OH is 1. The maximum absolute atomic E-state index is 12.3. The fourth-order valence-electron chi connectivity index (χ4n) is 4.39. The van der Waals surface area contributed by atoms with Gasteiger partial charge in [-0.05, 0) is 30.5 Å². The molecule has 1 N–H and O–H groups in total. The second-order valence-electron chi connectivity index (χ2n) is 7.37. The Kier molecular flexibility index (Phi) is 5.05. The Morgan fingerprint density at radius 1 is 1.00 bits per heavy atom. The first kappa shape index (κ1) is 17.3. The number of nitrogens with zero attached hydrogens (tertiary/aromatic N) is 1. The van der Waals surface area contributed by atoms with E-state index in [-0.39, 0.29) is 12.1 Å². The third-order valence-electron chi connectivity index (χ3n) is 5.69. The van der Waals surface area contributed by atoms with Crippen LogP contribution in [0.3, 0.4) is 0 Å². The molecular weight excluding hydrogens is 326 g/mol. The highest BCUT2D eigenvalue weighted by Gasteiger charge is 2.42. The van der Waals surface area contributed by atoms with Crippen LogP contribution in [0, 0.1) is 0 Å². The molecule has 0 aromatic heterocycles. The molecule has 4 nitrogen and oxygen atoms in total. The van der Waals surface area contributed by atoms with Gasteiger partial charge >= 0.3 is 5.97 Å². The van der Waals surface area contributed by atoms with Crippen molar-refractivity contribution in [2.45, 2.75) is 50.0 Å². The fraction of sp³-hybridized carbons (Fsp3) is 0.409. The molecule has 2 aromatic rings. The minimum atomic E-state index is -0.470. The van der Waals surface area contributed by atoms with Gasteiger partial charge in [-0.25, -0.2) is 4.79 Å². The molecule has 2 aliphatic rings. The summed E-state index contributed by atoms with van der Waals surface area (Å²) in [5.74, 6) is -0.229. The molecule has 4 heteroatoms. The third-order valence-corrected chi connectivity index (χ3v) is 5.69. The summed E-state index contributed by atoms with van der Waals surface area (Å²) < 4.78 is 5.77. The number of aliphatic hydroxyl groups is 1. The molecule has 0 amide bonds. The first-order valence-electron chi connectivity index (χ1n) is 9.45. The van der Waals surface area contributed by atoms with E-state index in [1.807, 2.05) is 48.5 Å². The van der Waals surface area contributed by atoms with Crippen LogP contribution < -0.4 is 0 Å². The molecule has 0 spiro atoms. The molecule has 2 bridgehead atoms. The summed E-state index contributed by atoms with van der Waals surface area (Å²) in [7, 11) is 0. The van der Waals surface area contributed by atoms with E-state index < -0.39 is 6.10 Å². The maximum atomic E-state index is 12.3. The van der Waals surface area contributed by atoms with E-state index in [0.29, 0.717) is 24.2 Å². The van der Waals surface area contributed by atoms with E-state index in [1.165, 1.54) is 0 Å². The van der Waals surface area contributed by atoms with Gasteiger partial charge in [-0.1, -0.05) is 48.5 Å². The van der Waals surface area contributed by atoms with Crippen LogP contribution in [0.2, 0.25) is 0 Å². The van der Waals surface area contributed by atoms with E-state index >= 15 is 0 Å². The fourth-order valence-corrected chi connectivity index (χ4v) is 4.39. The predicted octanol–water partition coefficient (Wildman–Crippen LogP) is 3.57. The predicted molar refractivity (Wildman–Crippen MR) is 99.8 cm³/mol. The monoisotopic (exact) mass is 351 g/mol. The standard InChI is InChI=1S/C22H25NO3/c24-21(16-7-3-1-4-8-16)15-23-18-11-12-19(23)14-20(13-18)26-22(25)17-9-5-2-6-10-17/h1-10,18-21,24H,11-15H2/t18-,19+,20?,21-/m1/s1. The van der Waals surface area contributed by atoms with Crippen LogP contribution in [-0.4, -0.2) is 40.7 Å². The van der Waals surface area contributed by atoms with Gasteiger partial charge in [0.25, 0.3) is 0 Å². The molecule has 2 heterocycles. The van der Waals surface area contributed by atoms with E-state index in [1.54, 1.807) is 12.1 Å². The van der Waals surface area contributed by atoms with Crippen molar-refractivity contribution in [1.82, 2.24) is 4.90 Å². The number of esters is 1. The normalized spacial score (nSPS) is 26.4. The van der Waals surface area contributed by atoms with Crippen LogP contribution in [0.15, 0.2) is 60.7 Å². The summed E-state index contributed by atoms with van der Waals surface area (Å²) in [6.07, 6.45) is 3.46. The third kappa shape index (κ3) is 3.67. The Bertz CT molecular complexity index is 720. The molecule has 2 aromatic carbocycles. The lowest BCUT2D eigenvalue weighted by Crippen LogP contribution is -2.47. The largest absolute Gasteiger partial charge is 0.459 e. The molecule has 136 valence electrons. The van der Waals surface area contributed by atoms with Crippen LogP contribution in [0.5, 0.6) is 0 Å². The first-order valence-corrected chi connectivity index (χ1v) is 9.45. The Morgan fingerprint density at radius 3 is 2.19 bits per heavy atom. The second-order valence-corrected chi connectivity index (χ2v) is 7.37. The van der Waals surface area contributed by atoms with E-state index in [2.05, 4.69) is 4.90 Å². The first-order chi connectivity index (χ1) is 12.7. The number of carbonyl (C=O) groups is 1. The number of carbonyl (C=O) groups excluding carboxylic acids is 1. The molecule has 0 radical (unpaired) electrons. The minimum absolute atomic E-state index is 0.0228. The van der Waals surface area contributed by atoms with Gasteiger partial charge in [0, 0.05) is 31.5 Å². The molecule has 0 aliphatic carbocycles. The SMILES string of the molecule is O=C(OC1C[C@H]2CC[C@@H](C1)N2C[C@@H](O)c1ccccc1)c1ccccc1. The van der Waals surface area contributed by atoms with Crippen molar-refractivity contribution in [3.8, 4) is 0 Å². The topological polar surface area (TPSA) is 49.8 Å². The zero-order valence-corrected chi connectivity index (χ0v) is 14.8. The lowest BCUT2D eigenvalue weighted by atomic mass is 9.98. The van der Waals surface area contributed by atoms with Gasteiger partial charge in [-0.15, -0.1) is 0 Å². The van der Waals surface area contributed by atoms with Gasteiger partial charge in [0.1, 0.15) is 6.10 Å². The zero-order chi connectivity index (χ0) is 17.9. The second kappa shape index (κ2) is 7.60. The van der Waals surface area contributed by atoms with Crippen molar-refractivity contribution in [3.63, 3.8) is 0 Å². The average Bonchev–Trinajstić information content (AvgIpc) is 2.91. The number of rotatable bonds is 5. The van der Waals surface area contributed by atoms with Crippen LogP contribution in [-0.2, 0) is 4.74 Å². The van der Waals surface area contributed by atoms with E-state index in [4.69, 9.17) is 4.74 Å². The number of hydrogen-bond acceptors (Lipinski definition) is 4. The van der Waals surface area contributed by atoms with E-state index in [9.17, 15) is 9.90 Å². The minimum Gasteiger partial charge on any atom is -0.459 e. The van der Waals surface area contributed by atoms with Gasteiger partial charge in [-0.2, -0.15) is 0 Å². The summed E-state index contributed by atoms with van der Waals surface area (Å²) in [4.78, 5) is 14.7. The van der Waals surface area contributed by atoms with Crippen molar-refractivity contribution in [2.24, 2.45) is 0 Å². The van der Waals surface area contributed by atoms with Crippen molar-refractivity contribution in [2.75, 3.05) is 6.54 Å². The van der Waals surface area contributed by atoms with Crippen molar-refractivity contribution >= 4 is 5.97 Å². The van der Waals surface area contributed by atoms with Gasteiger partial charge in [0.15, 0.2) is 0 Å². The zero-order valence-electron chi connectivity index (χ0n) is 14.8. The van der Waals surface area contributed by atoms with Gasteiger partial charge in [0.05, 0.1) is 11.7 Å². The molecule has 4 rings (SSSR count). The summed E-state index contributed by atoms with van der Waals surface area (Å²) in [6, 6.07) is 19.8. The van der Waals surface area contributed by atoms with E-state index in [0.717, 1.165) is 31.2 Å². The Labute approximate surface area is 154 Å². The highest BCUT2D eigenvalue weighted by molar-refractivity contribution is 5.89. The lowest BCUT2D eigenvalue weighted by molar-refractivity contribution is -0.0172. The quantitative estimate of drug-likeness (QED) is 0.837. The summed E-state index contributed by atoms with van der Waals surface area (Å²) in [6.45, 7) is 0.651.